The van der Waals surface area contributed by atoms with Crippen molar-refractivity contribution in [3.63, 3.8) is 0 Å². The van der Waals surface area contributed by atoms with Gasteiger partial charge < -0.3 is 5.32 Å². The highest BCUT2D eigenvalue weighted by molar-refractivity contribution is 7.92. The van der Waals surface area contributed by atoms with E-state index in [1.54, 1.807) is 13.0 Å². The van der Waals surface area contributed by atoms with Crippen LogP contribution < -0.4 is 9.62 Å². The van der Waals surface area contributed by atoms with Gasteiger partial charge in [-0.15, -0.1) is 0 Å². The number of carbonyl (C=O) groups is 1. The summed E-state index contributed by atoms with van der Waals surface area (Å²) in [7, 11) is -3.84. The van der Waals surface area contributed by atoms with Crippen molar-refractivity contribution in [1.82, 2.24) is 0 Å². The lowest BCUT2D eigenvalue weighted by atomic mass is 10.2. The first kappa shape index (κ1) is 21.0. The molecule has 0 bridgehead atoms. The zero-order valence-corrected chi connectivity index (χ0v) is 15.9. The number of amides is 1. The molecule has 2 rings (SSSR count). The van der Waals surface area contributed by atoms with Crippen molar-refractivity contribution in [3.8, 4) is 0 Å². The second-order valence-electron chi connectivity index (χ2n) is 5.78. The number of benzene rings is 2. The number of alkyl halides is 3. The van der Waals surface area contributed by atoms with E-state index >= 15 is 0 Å². The van der Waals surface area contributed by atoms with Gasteiger partial charge in [-0.1, -0.05) is 23.7 Å². The third-order valence-corrected chi connectivity index (χ3v) is 5.20. The highest BCUT2D eigenvalue weighted by atomic mass is 35.5. The van der Waals surface area contributed by atoms with Gasteiger partial charge in [-0.2, -0.15) is 13.2 Å². The lowest BCUT2D eigenvalue weighted by Crippen LogP contribution is -2.37. The van der Waals surface area contributed by atoms with E-state index in [0.29, 0.717) is 10.6 Å². The monoisotopic (exact) mass is 420 g/mol. The van der Waals surface area contributed by atoms with Crippen molar-refractivity contribution in [2.45, 2.75) is 13.1 Å². The Kier molecular flexibility index (Phi) is 6.06. The number of anilines is 2. The van der Waals surface area contributed by atoms with Gasteiger partial charge in [-0.25, -0.2) is 8.42 Å². The molecule has 0 aliphatic rings. The molecule has 0 spiro atoms. The van der Waals surface area contributed by atoms with Crippen molar-refractivity contribution >= 4 is 38.9 Å². The number of sulfonamides is 1. The summed E-state index contributed by atoms with van der Waals surface area (Å²) in [6.07, 6.45) is -3.64. The van der Waals surface area contributed by atoms with E-state index < -0.39 is 34.2 Å². The van der Waals surface area contributed by atoms with Crippen LogP contribution in [0.1, 0.15) is 11.1 Å². The molecule has 0 aromatic heterocycles. The van der Waals surface area contributed by atoms with Crippen LogP contribution in [0.5, 0.6) is 0 Å². The number of carbonyl (C=O) groups excluding carboxylic acids is 1. The Labute approximate surface area is 159 Å². The molecule has 0 fully saturated rings. The molecule has 0 heterocycles. The lowest BCUT2D eigenvalue weighted by Gasteiger charge is -2.24. The number of nitrogens with one attached hydrogen (secondary N) is 1. The van der Waals surface area contributed by atoms with Gasteiger partial charge in [-0.05, 0) is 42.8 Å². The molecule has 0 saturated carbocycles. The molecule has 0 atom stereocenters. The molecule has 0 aliphatic heterocycles. The Balaban J connectivity index is 2.27. The standard InChI is InChI=1S/C17H16ClF3N2O3S/c1-11-14(18)7-4-8-15(11)23(27(2,25)26)10-16(24)22-13-6-3-5-12(9-13)17(19,20)21/h3-9H,10H2,1-2H3,(H,22,24). The summed E-state index contributed by atoms with van der Waals surface area (Å²) in [6, 6.07) is 8.66. The normalized spacial score (nSPS) is 11.9. The van der Waals surface area contributed by atoms with Gasteiger partial charge in [0.1, 0.15) is 6.54 Å². The van der Waals surface area contributed by atoms with E-state index in [-0.39, 0.29) is 11.4 Å². The largest absolute Gasteiger partial charge is 0.416 e. The van der Waals surface area contributed by atoms with E-state index in [1.807, 2.05) is 0 Å². The minimum atomic E-state index is -4.56. The Hall–Kier alpha value is -2.26. The lowest BCUT2D eigenvalue weighted by molar-refractivity contribution is -0.137. The molecule has 146 valence electrons. The molecular formula is C17H16ClF3N2O3S. The molecule has 2 aromatic rings. The Morgan fingerprint density at radius 1 is 1.19 bits per heavy atom. The fourth-order valence-corrected chi connectivity index (χ4v) is 3.43. The third-order valence-electron chi connectivity index (χ3n) is 3.67. The van der Waals surface area contributed by atoms with Crippen LogP contribution in [0.15, 0.2) is 42.5 Å². The number of halogens is 4. The molecule has 1 N–H and O–H groups in total. The Bertz CT molecular complexity index is 962. The van der Waals surface area contributed by atoms with Crippen LogP contribution in [0.2, 0.25) is 5.02 Å². The van der Waals surface area contributed by atoms with Gasteiger partial charge in [0, 0.05) is 10.7 Å². The summed E-state index contributed by atoms with van der Waals surface area (Å²) >= 11 is 6.01. The highest BCUT2D eigenvalue weighted by Gasteiger charge is 2.30. The van der Waals surface area contributed by atoms with Crippen LogP contribution in [0, 0.1) is 6.92 Å². The maximum Gasteiger partial charge on any atom is 0.416 e. The summed E-state index contributed by atoms with van der Waals surface area (Å²) in [5.74, 6) is -0.792. The predicted octanol–water partition coefficient (Wildman–Crippen LogP) is 4.07. The van der Waals surface area contributed by atoms with Crippen molar-refractivity contribution < 1.29 is 26.4 Å². The van der Waals surface area contributed by atoms with Crippen molar-refractivity contribution in [2.24, 2.45) is 0 Å². The average molecular weight is 421 g/mol. The van der Waals surface area contributed by atoms with Crippen LogP contribution in [-0.4, -0.2) is 27.1 Å². The fraction of sp³-hybridized carbons (Fsp3) is 0.235. The summed E-state index contributed by atoms with van der Waals surface area (Å²) < 4.78 is 63.4. The predicted molar refractivity (Wildman–Crippen MR) is 98.5 cm³/mol. The van der Waals surface area contributed by atoms with Gasteiger partial charge in [0.15, 0.2) is 0 Å². The maximum atomic E-state index is 12.8. The van der Waals surface area contributed by atoms with E-state index in [0.717, 1.165) is 28.8 Å². The number of rotatable bonds is 5. The minimum absolute atomic E-state index is 0.0916. The first-order chi connectivity index (χ1) is 12.4. The SMILES string of the molecule is Cc1c(Cl)cccc1N(CC(=O)Nc1cccc(C(F)(F)F)c1)S(C)(=O)=O. The Morgan fingerprint density at radius 2 is 1.81 bits per heavy atom. The molecule has 27 heavy (non-hydrogen) atoms. The minimum Gasteiger partial charge on any atom is -0.325 e. The zero-order chi connectivity index (χ0) is 20.4. The van der Waals surface area contributed by atoms with Crippen molar-refractivity contribution in [2.75, 3.05) is 22.4 Å². The second kappa shape index (κ2) is 7.77. The molecule has 10 heteroatoms. The Morgan fingerprint density at radius 3 is 2.41 bits per heavy atom. The van der Waals surface area contributed by atoms with Gasteiger partial charge in [-0.3, -0.25) is 9.10 Å². The topological polar surface area (TPSA) is 66.5 Å². The third kappa shape index (κ3) is 5.36. The van der Waals surface area contributed by atoms with Gasteiger partial charge in [0.25, 0.3) is 0 Å². The van der Waals surface area contributed by atoms with E-state index in [4.69, 9.17) is 11.6 Å². The molecule has 0 unspecified atom stereocenters. The van der Waals surface area contributed by atoms with Crippen LogP contribution in [0.25, 0.3) is 0 Å². The van der Waals surface area contributed by atoms with E-state index in [1.165, 1.54) is 18.2 Å². The highest BCUT2D eigenvalue weighted by Crippen LogP contribution is 2.31. The van der Waals surface area contributed by atoms with Crippen LogP contribution >= 0.6 is 11.6 Å². The molecular weight excluding hydrogens is 405 g/mol. The number of nitrogens with zero attached hydrogens (tertiary/aromatic N) is 1. The molecule has 1 amide bonds. The second-order valence-corrected chi connectivity index (χ2v) is 8.09. The smallest absolute Gasteiger partial charge is 0.325 e. The maximum absolute atomic E-state index is 12.8. The molecule has 0 radical (unpaired) electrons. The first-order valence-electron chi connectivity index (χ1n) is 7.59. The molecule has 0 saturated heterocycles. The van der Waals surface area contributed by atoms with Crippen LogP contribution in [0.4, 0.5) is 24.5 Å². The number of hydrogen-bond donors (Lipinski definition) is 1. The van der Waals surface area contributed by atoms with Crippen LogP contribution in [-0.2, 0) is 21.0 Å². The molecule has 0 aliphatic carbocycles. The first-order valence-corrected chi connectivity index (χ1v) is 9.82. The summed E-state index contributed by atoms with van der Waals surface area (Å²) in [4.78, 5) is 12.3. The quantitative estimate of drug-likeness (QED) is 0.792. The van der Waals surface area contributed by atoms with Gasteiger partial charge in [0.05, 0.1) is 17.5 Å². The average Bonchev–Trinajstić information content (AvgIpc) is 2.54. The zero-order valence-electron chi connectivity index (χ0n) is 14.3. The number of hydrogen-bond acceptors (Lipinski definition) is 3. The van der Waals surface area contributed by atoms with Gasteiger partial charge in [0.2, 0.25) is 15.9 Å². The van der Waals surface area contributed by atoms with Gasteiger partial charge >= 0.3 is 6.18 Å². The van der Waals surface area contributed by atoms with Crippen molar-refractivity contribution in [1.29, 1.82) is 0 Å². The molecule has 2 aromatic carbocycles. The summed E-state index contributed by atoms with van der Waals surface area (Å²) in [6.45, 7) is 0.983. The van der Waals surface area contributed by atoms with Crippen molar-refractivity contribution in [3.05, 3.63) is 58.6 Å². The van der Waals surface area contributed by atoms with E-state index in [9.17, 15) is 26.4 Å². The fourth-order valence-electron chi connectivity index (χ4n) is 2.35. The van der Waals surface area contributed by atoms with E-state index in [2.05, 4.69) is 5.32 Å². The summed E-state index contributed by atoms with van der Waals surface area (Å²) in [5, 5.41) is 2.60. The summed E-state index contributed by atoms with van der Waals surface area (Å²) in [5.41, 5.74) is -0.349. The van der Waals surface area contributed by atoms with Crippen LogP contribution in [0.3, 0.4) is 0 Å². The molecule has 5 nitrogen and oxygen atoms in total.